The Bertz CT molecular complexity index is 782. The molecule has 0 bridgehead atoms. The summed E-state index contributed by atoms with van der Waals surface area (Å²) in [6.45, 7) is 4.83. The maximum Gasteiger partial charge on any atom is 0.317 e. The SMILES string of the molecule is Cc1ccc([C@H](NC(=O)N(C)CC2(CO)CCC2)c2cccnc2)c(C)c1. The molecular weight excluding hydrogens is 338 g/mol. The van der Waals surface area contributed by atoms with Crippen molar-refractivity contribution in [1.82, 2.24) is 15.2 Å². The lowest BCUT2D eigenvalue weighted by Crippen LogP contribution is -2.49. The van der Waals surface area contributed by atoms with Crippen molar-refractivity contribution < 1.29 is 9.90 Å². The number of aliphatic hydroxyl groups is 1. The number of hydrogen-bond donors (Lipinski definition) is 2. The molecule has 0 radical (unpaired) electrons. The zero-order valence-electron chi connectivity index (χ0n) is 16.4. The molecule has 1 aromatic heterocycles. The molecule has 0 saturated heterocycles. The average Bonchev–Trinajstić information content (AvgIpc) is 2.63. The van der Waals surface area contributed by atoms with Crippen LogP contribution in [0.2, 0.25) is 0 Å². The first-order valence-electron chi connectivity index (χ1n) is 9.54. The van der Waals surface area contributed by atoms with Gasteiger partial charge in [0.05, 0.1) is 12.6 Å². The van der Waals surface area contributed by atoms with Gasteiger partial charge in [0.1, 0.15) is 0 Å². The second kappa shape index (κ2) is 8.09. The van der Waals surface area contributed by atoms with Crippen molar-refractivity contribution in [3.05, 3.63) is 65.0 Å². The number of rotatable bonds is 6. The summed E-state index contributed by atoms with van der Waals surface area (Å²) in [6.07, 6.45) is 6.61. The summed E-state index contributed by atoms with van der Waals surface area (Å²) in [5.74, 6) is 0. The number of nitrogens with one attached hydrogen (secondary N) is 1. The number of aliphatic hydroxyl groups excluding tert-OH is 1. The van der Waals surface area contributed by atoms with Crippen LogP contribution < -0.4 is 5.32 Å². The van der Waals surface area contributed by atoms with Gasteiger partial charge in [-0.25, -0.2) is 4.79 Å². The fourth-order valence-electron chi connectivity index (χ4n) is 3.89. The summed E-state index contributed by atoms with van der Waals surface area (Å²) in [4.78, 5) is 18.8. The Hall–Kier alpha value is -2.40. The molecule has 2 amide bonds. The van der Waals surface area contributed by atoms with Crippen molar-refractivity contribution in [2.45, 2.75) is 39.2 Å². The number of urea groups is 1. The van der Waals surface area contributed by atoms with Crippen molar-refractivity contribution in [1.29, 1.82) is 0 Å². The minimum absolute atomic E-state index is 0.129. The van der Waals surface area contributed by atoms with Crippen molar-refractivity contribution in [2.24, 2.45) is 5.41 Å². The third-order valence-corrected chi connectivity index (χ3v) is 5.69. The molecule has 5 heteroatoms. The lowest BCUT2D eigenvalue weighted by atomic mass is 9.69. The Balaban J connectivity index is 1.82. The highest BCUT2D eigenvalue weighted by molar-refractivity contribution is 5.75. The van der Waals surface area contributed by atoms with E-state index in [1.807, 2.05) is 12.1 Å². The molecule has 27 heavy (non-hydrogen) atoms. The van der Waals surface area contributed by atoms with Gasteiger partial charge in [-0.3, -0.25) is 4.98 Å². The van der Waals surface area contributed by atoms with E-state index in [0.717, 1.165) is 36.0 Å². The number of benzene rings is 1. The molecule has 1 aliphatic carbocycles. The second-order valence-corrected chi connectivity index (χ2v) is 7.90. The van der Waals surface area contributed by atoms with Crippen LogP contribution in [0.15, 0.2) is 42.7 Å². The van der Waals surface area contributed by atoms with Gasteiger partial charge in [0.25, 0.3) is 0 Å². The van der Waals surface area contributed by atoms with E-state index >= 15 is 0 Å². The Morgan fingerprint density at radius 2 is 2.11 bits per heavy atom. The molecular formula is C22H29N3O2. The number of nitrogens with zero attached hydrogens (tertiary/aromatic N) is 2. The van der Waals surface area contributed by atoms with Gasteiger partial charge < -0.3 is 15.3 Å². The first-order valence-corrected chi connectivity index (χ1v) is 9.54. The van der Waals surface area contributed by atoms with Crippen LogP contribution in [-0.2, 0) is 0 Å². The first-order chi connectivity index (χ1) is 12.9. The molecule has 0 spiro atoms. The summed E-state index contributed by atoms with van der Waals surface area (Å²) >= 11 is 0. The van der Waals surface area contributed by atoms with Crippen molar-refractivity contribution in [2.75, 3.05) is 20.2 Å². The summed E-state index contributed by atoms with van der Waals surface area (Å²) < 4.78 is 0. The molecule has 1 aromatic carbocycles. The van der Waals surface area contributed by atoms with Crippen molar-refractivity contribution in [3.8, 4) is 0 Å². The molecule has 1 heterocycles. The van der Waals surface area contributed by atoms with E-state index in [2.05, 4.69) is 42.3 Å². The number of amides is 2. The van der Waals surface area contributed by atoms with E-state index in [9.17, 15) is 9.90 Å². The number of aromatic nitrogens is 1. The van der Waals surface area contributed by atoms with Crippen LogP contribution in [-0.4, -0.2) is 41.2 Å². The van der Waals surface area contributed by atoms with Gasteiger partial charge in [0.2, 0.25) is 0 Å². The molecule has 2 N–H and O–H groups in total. The van der Waals surface area contributed by atoms with Gasteiger partial charge in [-0.15, -0.1) is 0 Å². The van der Waals surface area contributed by atoms with Gasteiger partial charge in [-0.05, 0) is 49.4 Å². The number of carbonyl (C=O) groups is 1. The van der Waals surface area contributed by atoms with Crippen LogP contribution in [0, 0.1) is 19.3 Å². The maximum atomic E-state index is 12.9. The Morgan fingerprint density at radius 3 is 2.67 bits per heavy atom. The van der Waals surface area contributed by atoms with Gasteiger partial charge in [0, 0.05) is 31.4 Å². The molecule has 144 valence electrons. The highest BCUT2D eigenvalue weighted by Crippen LogP contribution is 2.40. The number of aryl methyl sites for hydroxylation is 2. The molecule has 2 aromatic rings. The number of hydrogen-bond acceptors (Lipinski definition) is 3. The van der Waals surface area contributed by atoms with E-state index in [1.54, 1.807) is 24.3 Å². The lowest BCUT2D eigenvalue weighted by Gasteiger charge is -2.43. The molecule has 0 unspecified atom stereocenters. The average molecular weight is 367 g/mol. The molecule has 3 rings (SSSR count). The fraction of sp³-hybridized carbons (Fsp3) is 0.455. The monoisotopic (exact) mass is 367 g/mol. The summed E-state index contributed by atoms with van der Waals surface area (Å²) in [6, 6.07) is 9.74. The smallest absolute Gasteiger partial charge is 0.317 e. The van der Waals surface area contributed by atoms with Crippen LogP contribution in [0.4, 0.5) is 4.79 Å². The normalized spacial score (nSPS) is 16.3. The van der Waals surface area contributed by atoms with E-state index < -0.39 is 0 Å². The van der Waals surface area contributed by atoms with Crippen LogP contribution in [0.3, 0.4) is 0 Å². The van der Waals surface area contributed by atoms with E-state index in [0.29, 0.717) is 6.54 Å². The third-order valence-electron chi connectivity index (χ3n) is 5.69. The van der Waals surface area contributed by atoms with E-state index in [4.69, 9.17) is 0 Å². The molecule has 1 fully saturated rings. The highest BCUT2D eigenvalue weighted by atomic mass is 16.3. The zero-order valence-corrected chi connectivity index (χ0v) is 16.4. The standard InChI is InChI=1S/C22H29N3O2/c1-16-7-8-19(17(2)12-16)20(18-6-4-11-23-13-18)24-21(27)25(3)14-22(15-26)9-5-10-22/h4,6-8,11-13,20,26H,5,9-10,14-15H2,1-3H3,(H,24,27)/t20-/m1/s1. The summed E-state index contributed by atoms with van der Waals surface area (Å²) in [5.41, 5.74) is 4.22. The zero-order chi connectivity index (χ0) is 19.4. The van der Waals surface area contributed by atoms with Crippen LogP contribution in [0.25, 0.3) is 0 Å². The van der Waals surface area contributed by atoms with Gasteiger partial charge in [0.15, 0.2) is 0 Å². The predicted octanol–water partition coefficient (Wildman–Crippen LogP) is 3.59. The summed E-state index contributed by atoms with van der Waals surface area (Å²) in [7, 11) is 1.80. The Labute approximate surface area is 161 Å². The minimum atomic E-state index is -0.263. The minimum Gasteiger partial charge on any atom is -0.396 e. The predicted molar refractivity (Wildman–Crippen MR) is 107 cm³/mol. The van der Waals surface area contributed by atoms with E-state index in [1.165, 1.54) is 5.56 Å². The van der Waals surface area contributed by atoms with Gasteiger partial charge >= 0.3 is 6.03 Å². The molecule has 1 saturated carbocycles. The number of pyridine rings is 1. The second-order valence-electron chi connectivity index (χ2n) is 7.90. The Kier molecular flexibility index (Phi) is 5.80. The Morgan fingerprint density at radius 1 is 1.33 bits per heavy atom. The fourth-order valence-corrected chi connectivity index (χ4v) is 3.89. The largest absolute Gasteiger partial charge is 0.396 e. The lowest BCUT2D eigenvalue weighted by molar-refractivity contribution is 0.0228. The summed E-state index contributed by atoms with van der Waals surface area (Å²) in [5, 5.41) is 12.9. The van der Waals surface area contributed by atoms with Crippen LogP contribution in [0.1, 0.15) is 47.6 Å². The van der Waals surface area contributed by atoms with Crippen LogP contribution >= 0.6 is 0 Å². The quantitative estimate of drug-likeness (QED) is 0.820. The molecule has 1 aliphatic rings. The molecule has 5 nitrogen and oxygen atoms in total. The third kappa shape index (κ3) is 4.30. The molecule has 0 aliphatic heterocycles. The molecule has 1 atom stereocenters. The van der Waals surface area contributed by atoms with Crippen molar-refractivity contribution in [3.63, 3.8) is 0 Å². The van der Waals surface area contributed by atoms with Crippen molar-refractivity contribution >= 4 is 6.03 Å². The first kappa shape index (κ1) is 19.4. The topological polar surface area (TPSA) is 65.5 Å². The number of carbonyl (C=O) groups excluding carboxylic acids is 1. The van der Waals surface area contributed by atoms with E-state index in [-0.39, 0.29) is 24.1 Å². The van der Waals surface area contributed by atoms with Crippen LogP contribution in [0.5, 0.6) is 0 Å². The highest BCUT2D eigenvalue weighted by Gasteiger charge is 2.38. The van der Waals surface area contributed by atoms with Gasteiger partial charge in [-0.1, -0.05) is 36.2 Å². The maximum absolute atomic E-state index is 12.9. The van der Waals surface area contributed by atoms with Gasteiger partial charge in [-0.2, -0.15) is 0 Å².